The summed E-state index contributed by atoms with van der Waals surface area (Å²) in [5.41, 5.74) is 7.85. The zero-order valence-electron chi connectivity index (χ0n) is 23.1. The Morgan fingerprint density at radius 3 is 1.77 bits per heavy atom. The van der Waals surface area contributed by atoms with E-state index in [1.54, 1.807) is 0 Å². The molecule has 0 fully saturated rings. The molecule has 0 unspecified atom stereocenters. The van der Waals surface area contributed by atoms with Crippen molar-refractivity contribution in [3.05, 3.63) is 96.1 Å². The van der Waals surface area contributed by atoms with E-state index in [-0.39, 0.29) is 0 Å². The van der Waals surface area contributed by atoms with Gasteiger partial charge in [0.2, 0.25) is 0 Å². The molecule has 0 N–H and O–H groups in total. The number of unbranched alkanes of at least 4 members (excludes halogenated alkanes) is 4. The molecule has 0 spiro atoms. The zero-order valence-corrected chi connectivity index (χ0v) is 23.1. The van der Waals surface area contributed by atoms with E-state index in [1.807, 2.05) is 0 Å². The number of hydrogen-bond acceptors (Lipinski definition) is 1. The van der Waals surface area contributed by atoms with Crippen molar-refractivity contribution in [2.75, 3.05) is 0 Å². The van der Waals surface area contributed by atoms with Crippen molar-refractivity contribution >= 4 is 59.9 Å². The van der Waals surface area contributed by atoms with Gasteiger partial charge < -0.3 is 0 Å². The Labute approximate surface area is 230 Å². The Morgan fingerprint density at radius 1 is 0.538 bits per heavy atom. The van der Waals surface area contributed by atoms with Gasteiger partial charge in [0.25, 0.3) is 0 Å². The van der Waals surface area contributed by atoms with E-state index in [2.05, 4.69) is 103 Å². The van der Waals surface area contributed by atoms with Gasteiger partial charge in [-0.3, -0.25) is 4.40 Å². The van der Waals surface area contributed by atoms with Gasteiger partial charge in [0.1, 0.15) is 5.65 Å². The summed E-state index contributed by atoms with van der Waals surface area (Å²) in [6.07, 6.45) is 9.71. The number of fused-ring (bicyclic) bond motifs is 8. The summed E-state index contributed by atoms with van der Waals surface area (Å²) in [6.45, 7) is 4.60. The van der Waals surface area contributed by atoms with E-state index in [9.17, 15) is 0 Å². The molecule has 0 aliphatic heterocycles. The van der Waals surface area contributed by atoms with Crippen LogP contribution in [0.1, 0.15) is 63.5 Å². The molecule has 2 nitrogen and oxygen atoms in total. The average Bonchev–Trinajstić information content (AvgIpc) is 3.33. The number of hydrogen-bond donors (Lipinski definition) is 0. The van der Waals surface area contributed by atoms with E-state index in [1.165, 1.54) is 98.4 Å². The van der Waals surface area contributed by atoms with E-state index in [0.717, 1.165) is 24.0 Å². The van der Waals surface area contributed by atoms with Gasteiger partial charge in [0, 0.05) is 16.2 Å². The molecular weight excluding hydrogens is 472 g/mol. The maximum absolute atomic E-state index is 5.45. The predicted molar refractivity (Wildman–Crippen MR) is 169 cm³/mol. The Balaban J connectivity index is 1.62. The third-order valence-electron chi connectivity index (χ3n) is 8.60. The minimum absolute atomic E-state index is 1.07. The van der Waals surface area contributed by atoms with E-state index in [4.69, 9.17) is 4.98 Å². The van der Waals surface area contributed by atoms with Gasteiger partial charge in [-0.05, 0) is 94.8 Å². The van der Waals surface area contributed by atoms with Crippen LogP contribution in [0.2, 0.25) is 0 Å². The smallest absolute Gasteiger partial charge is 0.145 e. The highest BCUT2D eigenvalue weighted by atomic mass is 15.0. The van der Waals surface area contributed by atoms with Crippen LogP contribution in [0.15, 0.2) is 84.9 Å². The summed E-state index contributed by atoms with van der Waals surface area (Å²) in [7, 11) is 0. The minimum atomic E-state index is 1.07. The van der Waals surface area contributed by atoms with Crippen LogP contribution in [-0.4, -0.2) is 9.38 Å². The maximum atomic E-state index is 5.45. The third-order valence-corrected chi connectivity index (χ3v) is 8.60. The van der Waals surface area contributed by atoms with Crippen molar-refractivity contribution in [1.29, 1.82) is 0 Å². The first kappa shape index (κ1) is 24.2. The molecular formula is C37H36N2. The second kappa shape index (κ2) is 10.0. The van der Waals surface area contributed by atoms with Gasteiger partial charge >= 0.3 is 0 Å². The highest BCUT2D eigenvalue weighted by molar-refractivity contribution is 6.06. The summed E-state index contributed by atoms with van der Waals surface area (Å²) < 4.78 is 2.48. The van der Waals surface area contributed by atoms with Crippen LogP contribution in [0.5, 0.6) is 0 Å². The van der Waals surface area contributed by atoms with Crippen LogP contribution in [-0.2, 0) is 12.8 Å². The number of aromatic nitrogens is 2. The molecule has 0 aliphatic rings. The topological polar surface area (TPSA) is 17.3 Å². The standard InChI is InChI=1S/C37H36N2/c1-3-5-7-17-31-32(18-8-6-4-2)36-24-30-20-26-14-10-12-16-28(26)23-35(30)39(36)37-33(31)21-29-19-25-13-9-11-15-27(25)22-34(29)38-37/h9-16,19-24H,3-8,17-18H2,1-2H3. The summed E-state index contributed by atoms with van der Waals surface area (Å²) in [4.78, 5) is 5.45. The third kappa shape index (κ3) is 4.14. The highest BCUT2D eigenvalue weighted by Gasteiger charge is 2.19. The minimum Gasteiger partial charge on any atom is -0.294 e. The molecule has 0 saturated heterocycles. The molecule has 0 bridgehead atoms. The summed E-state index contributed by atoms with van der Waals surface area (Å²) in [5.74, 6) is 0. The van der Waals surface area contributed by atoms with Crippen molar-refractivity contribution in [3.8, 4) is 0 Å². The van der Waals surface area contributed by atoms with Crippen molar-refractivity contribution in [2.45, 2.75) is 65.2 Å². The van der Waals surface area contributed by atoms with Crippen LogP contribution in [0.3, 0.4) is 0 Å². The molecule has 39 heavy (non-hydrogen) atoms. The average molecular weight is 509 g/mol. The molecule has 3 heterocycles. The fourth-order valence-corrected chi connectivity index (χ4v) is 6.58. The molecule has 0 saturated carbocycles. The van der Waals surface area contributed by atoms with E-state index < -0.39 is 0 Å². The van der Waals surface area contributed by atoms with Crippen LogP contribution in [0.4, 0.5) is 0 Å². The highest BCUT2D eigenvalue weighted by Crippen LogP contribution is 2.37. The Bertz CT molecular complexity index is 1990. The van der Waals surface area contributed by atoms with Crippen LogP contribution in [0, 0.1) is 0 Å². The zero-order chi connectivity index (χ0) is 26.3. The first-order valence-corrected chi connectivity index (χ1v) is 14.9. The van der Waals surface area contributed by atoms with E-state index >= 15 is 0 Å². The van der Waals surface area contributed by atoms with Crippen molar-refractivity contribution in [1.82, 2.24) is 9.38 Å². The second-order valence-electron chi connectivity index (χ2n) is 11.2. The molecule has 2 heteroatoms. The number of aryl methyl sites for hydroxylation is 2. The molecule has 7 rings (SSSR count). The number of pyridine rings is 2. The maximum Gasteiger partial charge on any atom is 0.145 e. The first-order valence-electron chi connectivity index (χ1n) is 14.9. The fraction of sp³-hybridized carbons (Fsp3) is 0.270. The molecule has 0 atom stereocenters. The van der Waals surface area contributed by atoms with Crippen LogP contribution >= 0.6 is 0 Å². The molecule has 3 aromatic heterocycles. The van der Waals surface area contributed by atoms with E-state index in [0.29, 0.717) is 0 Å². The van der Waals surface area contributed by atoms with Crippen molar-refractivity contribution < 1.29 is 0 Å². The van der Waals surface area contributed by atoms with Crippen LogP contribution < -0.4 is 0 Å². The van der Waals surface area contributed by atoms with Gasteiger partial charge in [-0.1, -0.05) is 88.1 Å². The molecule has 0 radical (unpaired) electrons. The van der Waals surface area contributed by atoms with Gasteiger partial charge in [-0.25, -0.2) is 4.98 Å². The van der Waals surface area contributed by atoms with Crippen molar-refractivity contribution in [2.24, 2.45) is 0 Å². The van der Waals surface area contributed by atoms with Crippen LogP contribution in [0.25, 0.3) is 59.9 Å². The predicted octanol–water partition coefficient (Wildman–Crippen LogP) is 10.6. The summed E-state index contributed by atoms with van der Waals surface area (Å²) in [6, 6.07) is 31.6. The number of benzene rings is 4. The Kier molecular flexibility index (Phi) is 6.19. The lowest BCUT2D eigenvalue weighted by molar-refractivity contribution is 0.696. The first-order chi connectivity index (χ1) is 19.2. The molecule has 0 aliphatic carbocycles. The molecule has 4 aromatic carbocycles. The van der Waals surface area contributed by atoms with Crippen molar-refractivity contribution in [3.63, 3.8) is 0 Å². The molecule has 194 valence electrons. The van der Waals surface area contributed by atoms with Gasteiger partial charge in [-0.2, -0.15) is 0 Å². The quantitative estimate of drug-likeness (QED) is 0.147. The number of nitrogens with zero attached hydrogens (tertiary/aromatic N) is 2. The van der Waals surface area contributed by atoms with Gasteiger partial charge in [0.15, 0.2) is 0 Å². The van der Waals surface area contributed by atoms with Gasteiger partial charge in [-0.15, -0.1) is 0 Å². The normalized spacial score (nSPS) is 12.2. The lowest BCUT2D eigenvalue weighted by Crippen LogP contribution is -2.04. The second-order valence-corrected chi connectivity index (χ2v) is 11.2. The molecule has 7 aromatic rings. The fourth-order valence-electron chi connectivity index (χ4n) is 6.58. The van der Waals surface area contributed by atoms with Gasteiger partial charge in [0.05, 0.1) is 16.6 Å². The SMILES string of the molecule is CCCCCc1c(CCCCC)c2cc3cc4ccccc4cc3n2c2nc3cc4ccccc4cc3cc12. The lowest BCUT2D eigenvalue weighted by atomic mass is 9.93. The Hall–Kier alpha value is -3.91. The monoisotopic (exact) mass is 508 g/mol. The summed E-state index contributed by atoms with van der Waals surface area (Å²) in [5, 5.41) is 8.97. The molecule has 0 amide bonds. The lowest BCUT2D eigenvalue weighted by Gasteiger charge is -2.18. The summed E-state index contributed by atoms with van der Waals surface area (Å²) >= 11 is 0. The Morgan fingerprint density at radius 2 is 1.10 bits per heavy atom. The number of rotatable bonds is 8. The largest absolute Gasteiger partial charge is 0.294 e.